The fraction of sp³-hybridized carbons (Fsp3) is 0.800. The molecule has 0 N–H and O–H groups in total. The van der Waals surface area contributed by atoms with Crippen molar-refractivity contribution >= 4 is 13.6 Å². The van der Waals surface area contributed by atoms with Crippen LogP contribution in [0, 0.1) is 6.54 Å². The number of hydrogen-bond donors (Lipinski definition) is 0. The minimum Gasteiger partial charge on any atom is -0.458 e. The van der Waals surface area contributed by atoms with Crippen LogP contribution in [0.25, 0.3) is 0 Å². The third-order valence-corrected chi connectivity index (χ3v) is 1.83. The second-order valence-corrected chi connectivity index (χ2v) is 4.60. The molecule has 1 fully saturated rings. The monoisotopic (exact) mass is 291 g/mol. The molecule has 100 valence electrons. The molecule has 1 aliphatic heterocycles. The van der Waals surface area contributed by atoms with Crippen molar-refractivity contribution in [3.05, 3.63) is 6.54 Å². The number of ether oxygens (including phenoxy) is 1. The van der Waals surface area contributed by atoms with Crippen molar-refractivity contribution in [2.45, 2.75) is 45.6 Å². The molecule has 0 aliphatic carbocycles. The van der Waals surface area contributed by atoms with Crippen LogP contribution in [0.5, 0.6) is 0 Å². The number of amides is 1. The molecule has 0 bridgehead atoms. The normalized spacial score (nSPS) is 14.9. The number of piperidine rings is 1. The molecule has 3 nitrogen and oxygen atoms in total. The van der Waals surface area contributed by atoms with E-state index in [1.165, 1.54) is 6.42 Å². The van der Waals surface area contributed by atoms with Gasteiger partial charge in [-0.2, -0.15) is 6.42 Å². The van der Waals surface area contributed by atoms with Gasteiger partial charge in [-0.05, 0) is 33.7 Å². The predicted molar refractivity (Wildman–Crippen MR) is 60.2 cm³/mol. The van der Waals surface area contributed by atoms with E-state index in [1.54, 1.807) is 4.90 Å². The van der Waals surface area contributed by atoms with Crippen LogP contribution in [-0.4, -0.2) is 30.7 Å². The minimum atomic E-state index is -3.67. The van der Waals surface area contributed by atoms with Crippen molar-refractivity contribution < 1.29 is 73.9 Å². The van der Waals surface area contributed by atoms with Crippen LogP contribution in [0.3, 0.4) is 0 Å². The van der Waals surface area contributed by atoms with Crippen molar-refractivity contribution in [3.63, 3.8) is 0 Å². The van der Waals surface area contributed by atoms with Crippen molar-refractivity contribution in [2.75, 3.05) is 6.54 Å². The number of halogens is 3. The Morgan fingerprint density at radius 2 is 1.78 bits per heavy atom. The Hall–Kier alpha value is 0.761. The zero-order chi connectivity index (χ0) is 13.5. The van der Waals surface area contributed by atoms with Crippen molar-refractivity contribution in [3.8, 4) is 0 Å². The van der Waals surface area contributed by atoms with E-state index in [4.69, 9.17) is 4.74 Å². The minimum absolute atomic E-state index is 0. The molecule has 0 saturated carbocycles. The maximum atomic E-state index is 11.5. The predicted octanol–water partition coefficient (Wildman–Crippen LogP) is 0.453. The summed E-state index contributed by atoms with van der Waals surface area (Å²) >= 11 is 0. The number of hydrogen-bond acceptors (Lipinski definition) is 2. The van der Waals surface area contributed by atoms with E-state index in [0.29, 0.717) is 0 Å². The van der Waals surface area contributed by atoms with Gasteiger partial charge in [0.1, 0.15) is 5.60 Å². The van der Waals surface area contributed by atoms with Gasteiger partial charge in [-0.25, -0.2) is 11.3 Å². The molecular formula is C10H18BF3KNO2. The van der Waals surface area contributed by atoms with Gasteiger partial charge in [0.15, 0.2) is 0 Å². The molecule has 1 saturated heterocycles. The number of nitrogens with zero attached hydrogens (tertiary/aromatic N) is 1. The van der Waals surface area contributed by atoms with Crippen LogP contribution < -0.4 is 51.4 Å². The largest absolute Gasteiger partial charge is 1.00 e. The molecule has 0 aromatic heterocycles. The van der Waals surface area contributed by atoms with Crippen molar-refractivity contribution in [1.82, 2.24) is 4.90 Å². The van der Waals surface area contributed by atoms with E-state index in [9.17, 15) is 17.7 Å². The summed E-state index contributed by atoms with van der Waals surface area (Å²) in [6.07, 6.45) is 3.03. The summed E-state index contributed by atoms with van der Waals surface area (Å²) in [4.78, 5) is 13.2. The molecule has 0 radical (unpaired) electrons. The molecule has 0 spiro atoms. The van der Waals surface area contributed by atoms with Gasteiger partial charge in [-0.1, -0.05) is 6.42 Å². The topological polar surface area (TPSA) is 29.5 Å². The third-order valence-electron chi connectivity index (χ3n) is 1.83. The van der Waals surface area contributed by atoms with Gasteiger partial charge in [-0.15, -0.1) is 0 Å². The van der Waals surface area contributed by atoms with Gasteiger partial charge < -0.3 is 9.64 Å². The zero-order valence-corrected chi connectivity index (χ0v) is 14.5. The third kappa shape index (κ3) is 13.2. The first-order valence-corrected chi connectivity index (χ1v) is 5.47. The summed E-state index contributed by atoms with van der Waals surface area (Å²) in [5, 5.41) is 0. The second kappa shape index (κ2) is 10.5. The second-order valence-electron chi connectivity index (χ2n) is 4.60. The number of carbonyl (C=O) groups is 1. The molecule has 0 atom stereocenters. The Labute approximate surface area is 149 Å². The Kier molecular flexibility index (Phi) is 12.3. The van der Waals surface area contributed by atoms with Gasteiger partial charge in [0.25, 0.3) is 0 Å². The maximum Gasteiger partial charge on any atom is 1.00 e. The SMILES string of the molecule is CC(C)(C)OC(=O)N1[CH-]CCCC1.FB(F)F.[K+]. The molecule has 0 aromatic rings. The zero-order valence-electron chi connectivity index (χ0n) is 11.4. The van der Waals surface area contributed by atoms with E-state index >= 15 is 0 Å². The smallest absolute Gasteiger partial charge is 0.458 e. The molecule has 1 rings (SSSR count). The molecule has 18 heavy (non-hydrogen) atoms. The van der Waals surface area contributed by atoms with E-state index in [0.717, 1.165) is 19.4 Å². The average Bonchev–Trinajstić information content (AvgIpc) is 2.15. The number of rotatable bonds is 0. The van der Waals surface area contributed by atoms with Gasteiger partial charge in [0.2, 0.25) is 0 Å². The maximum absolute atomic E-state index is 11.5. The summed E-state index contributed by atoms with van der Waals surface area (Å²) in [6, 6.07) is 0. The van der Waals surface area contributed by atoms with Crippen LogP contribution in [0.2, 0.25) is 0 Å². The Morgan fingerprint density at radius 1 is 1.28 bits per heavy atom. The first kappa shape index (κ1) is 21.1. The van der Waals surface area contributed by atoms with Crippen LogP contribution >= 0.6 is 0 Å². The summed E-state index contributed by atoms with van der Waals surface area (Å²) < 4.78 is 34.2. The van der Waals surface area contributed by atoms with Gasteiger partial charge in [-0.3, -0.25) is 12.9 Å². The fourth-order valence-corrected chi connectivity index (χ4v) is 1.25. The Morgan fingerprint density at radius 3 is 2.11 bits per heavy atom. The molecular weight excluding hydrogens is 273 g/mol. The van der Waals surface area contributed by atoms with Gasteiger partial charge in [0.05, 0.1) is 0 Å². The molecule has 1 heterocycles. The van der Waals surface area contributed by atoms with Crippen LogP contribution in [0.4, 0.5) is 17.7 Å². The standard InChI is InChI=1S/C10H18NO2.BF3.K/c1-10(2,3)13-9(12)11-7-5-4-6-8-11;2-1(3)4;/h7H,4-6,8H2,1-3H3;;/q-1;;+1. The van der Waals surface area contributed by atoms with E-state index in [2.05, 4.69) is 0 Å². The van der Waals surface area contributed by atoms with Crippen LogP contribution in [-0.2, 0) is 4.74 Å². The molecule has 0 aromatic carbocycles. The van der Waals surface area contributed by atoms with Gasteiger partial charge in [0, 0.05) is 0 Å². The van der Waals surface area contributed by atoms with E-state index in [1.807, 2.05) is 27.3 Å². The first-order valence-electron chi connectivity index (χ1n) is 5.47. The number of carbonyl (C=O) groups excluding carboxylic acids is 1. The van der Waals surface area contributed by atoms with E-state index < -0.39 is 7.54 Å². The Bertz CT molecular complexity index is 231. The summed E-state index contributed by atoms with van der Waals surface area (Å²) in [6.45, 7) is 8.38. The summed E-state index contributed by atoms with van der Waals surface area (Å²) in [7, 11) is -3.67. The summed E-state index contributed by atoms with van der Waals surface area (Å²) in [5.41, 5.74) is -0.387. The van der Waals surface area contributed by atoms with Crippen molar-refractivity contribution in [2.24, 2.45) is 0 Å². The quantitative estimate of drug-likeness (QED) is 0.479. The molecule has 1 aliphatic rings. The fourth-order valence-electron chi connectivity index (χ4n) is 1.25. The average molecular weight is 291 g/mol. The Balaban J connectivity index is 0. The molecule has 8 heteroatoms. The summed E-state index contributed by atoms with van der Waals surface area (Å²) in [5.74, 6) is 0. The first-order chi connectivity index (χ1) is 7.72. The molecule has 1 amide bonds. The van der Waals surface area contributed by atoms with Crippen LogP contribution in [0.1, 0.15) is 40.0 Å². The van der Waals surface area contributed by atoms with Gasteiger partial charge >= 0.3 is 65.0 Å². The van der Waals surface area contributed by atoms with Crippen molar-refractivity contribution in [1.29, 1.82) is 0 Å². The number of likely N-dealkylation sites (tertiary alicyclic amines) is 1. The van der Waals surface area contributed by atoms with Crippen LogP contribution in [0.15, 0.2) is 0 Å². The van der Waals surface area contributed by atoms with E-state index in [-0.39, 0.29) is 63.1 Å². The molecule has 0 unspecified atom stereocenters.